The highest BCUT2D eigenvalue weighted by Crippen LogP contribution is 2.18. The number of hydrogen-bond acceptors (Lipinski definition) is 3. The van der Waals surface area contributed by atoms with E-state index in [1.54, 1.807) is 0 Å². The van der Waals surface area contributed by atoms with Crippen LogP contribution in [0.4, 0.5) is 0 Å². The van der Waals surface area contributed by atoms with Gasteiger partial charge in [0.2, 0.25) is 0 Å². The average Bonchev–Trinajstić information content (AvgIpc) is 2.48. The summed E-state index contributed by atoms with van der Waals surface area (Å²) < 4.78 is 5.64. The SMILES string of the molecule is CCOC1CCN(C(C)C(=O)c2ccccc2)CC1. The van der Waals surface area contributed by atoms with E-state index < -0.39 is 0 Å². The van der Waals surface area contributed by atoms with Crippen molar-refractivity contribution in [1.82, 2.24) is 4.90 Å². The summed E-state index contributed by atoms with van der Waals surface area (Å²) in [6, 6.07) is 9.53. The number of carbonyl (C=O) groups is 1. The van der Waals surface area contributed by atoms with E-state index in [-0.39, 0.29) is 11.8 Å². The van der Waals surface area contributed by atoms with Gasteiger partial charge in [-0.1, -0.05) is 30.3 Å². The number of piperidine rings is 1. The Kier molecular flexibility index (Phi) is 5.11. The summed E-state index contributed by atoms with van der Waals surface area (Å²) in [4.78, 5) is 14.6. The van der Waals surface area contributed by atoms with Crippen molar-refractivity contribution < 1.29 is 9.53 Å². The fraction of sp³-hybridized carbons (Fsp3) is 0.562. The second-order valence-electron chi connectivity index (χ2n) is 5.10. The number of ketones is 1. The number of nitrogens with zero attached hydrogens (tertiary/aromatic N) is 1. The van der Waals surface area contributed by atoms with Crippen LogP contribution in [0, 0.1) is 0 Å². The van der Waals surface area contributed by atoms with Gasteiger partial charge in [0.05, 0.1) is 12.1 Å². The first-order valence-electron chi connectivity index (χ1n) is 7.17. The highest BCUT2D eigenvalue weighted by molar-refractivity contribution is 5.99. The number of rotatable bonds is 5. The molecule has 104 valence electrons. The van der Waals surface area contributed by atoms with Crippen LogP contribution in [-0.2, 0) is 4.74 Å². The lowest BCUT2D eigenvalue weighted by Crippen LogP contribution is -2.45. The molecule has 0 amide bonds. The molecule has 2 rings (SSSR count). The molecule has 3 nitrogen and oxygen atoms in total. The highest BCUT2D eigenvalue weighted by atomic mass is 16.5. The van der Waals surface area contributed by atoms with E-state index in [0.29, 0.717) is 6.10 Å². The topological polar surface area (TPSA) is 29.5 Å². The number of likely N-dealkylation sites (tertiary alicyclic amines) is 1. The van der Waals surface area contributed by atoms with Crippen LogP contribution in [-0.4, -0.2) is 42.5 Å². The largest absolute Gasteiger partial charge is 0.378 e. The van der Waals surface area contributed by atoms with Crippen molar-refractivity contribution >= 4 is 5.78 Å². The standard InChI is InChI=1S/C16H23NO2/c1-3-19-15-9-11-17(12-10-15)13(2)16(18)14-7-5-4-6-8-14/h4-8,13,15H,3,9-12H2,1-2H3. The van der Waals surface area contributed by atoms with Crippen LogP contribution in [0.15, 0.2) is 30.3 Å². The Hall–Kier alpha value is -1.19. The van der Waals surface area contributed by atoms with Crippen molar-refractivity contribution in [3.8, 4) is 0 Å². The number of carbonyl (C=O) groups excluding carboxylic acids is 1. The van der Waals surface area contributed by atoms with E-state index in [1.807, 2.05) is 44.2 Å². The smallest absolute Gasteiger partial charge is 0.179 e. The van der Waals surface area contributed by atoms with Gasteiger partial charge in [0.25, 0.3) is 0 Å². The maximum atomic E-state index is 12.4. The van der Waals surface area contributed by atoms with Crippen LogP contribution < -0.4 is 0 Å². The first-order valence-corrected chi connectivity index (χ1v) is 7.17. The highest BCUT2D eigenvalue weighted by Gasteiger charge is 2.27. The van der Waals surface area contributed by atoms with E-state index in [9.17, 15) is 4.79 Å². The maximum absolute atomic E-state index is 12.4. The number of benzene rings is 1. The minimum absolute atomic E-state index is 0.0371. The van der Waals surface area contributed by atoms with Gasteiger partial charge in [0.15, 0.2) is 5.78 Å². The van der Waals surface area contributed by atoms with Gasteiger partial charge in [-0.25, -0.2) is 0 Å². The first-order chi connectivity index (χ1) is 9.22. The molecule has 1 heterocycles. The Bertz CT molecular complexity index is 396. The maximum Gasteiger partial charge on any atom is 0.179 e. The third-order valence-corrected chi connectivity index (χ3v) is 3.86. The zero-order valence-corrected chi connectivity index (χ0v) is 11.8. The van der Waals surface area contributed by atoms with Crippen LogP contribution in [0.5, 0.6) is 0 Å². The van der Waals surface area contributed by atoms with Crippen LogP contribution >= 0.6 is 0 Å². The van der Waals surface area contributed by atoms with Gasteiger partial charge in [-0.2, -0.15) is 0 Å². The summed E-state index contributed by atoms with van der Waals surface area (Å²) in [5, 5.41) is 0. The molecule has 0 aromatic heterocycles. The lowest BCUT2D eigenvalue weighted by molar-refractivity contribution is 0.00677. The lowest BCUT2D eigenvalue weighted by Gasteiger charge is -2.35. The quantitative estimate of drug-likeness (QED) is 0.763. The fourth-order valence-electron chi connectivity index (χ4n) is 2.67. The third-order valence-electron chi connectivity index (χ3n) is 3.86. The zero-order chi connectivity index (χ0) is 13.7. The average molecular weight is 261 g/mol. The Labute approximate surface area is 115 Å². The summed E-state index contributed by atoms with van der Waals surface area (Å²) in [6.07, 6.45) is 2.43. The molecule has 1 aliphatic heterocycles. The van der Waals surface area contributed by atoms with Gasteiger partial charge in [0, 0.05) is 25.3 Å². The molecule has 0 saturated carbocycles. The van der Waals surface area contributed by atoms with Crippen molar-refractivity contribution in [3.63, 3.8) is 0 Å². The molecule has 1 fully saturated rings. The van der Waals surface area contributed by atoms with Gasteiger partial charge in [0.1, 0.15) is 0 Å². The van der Waals surface area contributed by atoms with Gasteiger partial charge in [-0.3, -0.25) is 9.69 Å². The van der Waals surface area contributed by atoms with Crippen molar-refractivity contribution in [1.29, 1.82) is 0 Å². The normalized spacial score (nSPS) is 19.3. The monoisotopic (exact) mass is 261 g/mol. The van der Waals surface area contributed by atoms with E-state index in [2.05, 4.69) is 4.90 Å². The van der Waals surface area contributed by atoms with E-state index in [0.717, 1.165) is 38.1 Å². The predicted octanol–water partition coefficient (Wildman–Crippen LogP) is 2.76. The summed E-state index contributed by atoms with van der Waals surface area (Å²) >= 11 is 0. The second kappa shape index (κ2) is 6.83. The van der Waals surface area contributed by atoms with Crippen LogP contribution in [0.3, 0.4) is 0 Å². The molecular formula is C16H23NO2. The Balaban J connectivity index is 1.91. The molecule has 1 aliphatic rings. The van der Waals surface area contributed by atoms with Crippen molar-refractivity contribution in [2.45, 2.75) is 38.8 Å². The van der Waals surface area contributed by atoms with E-state index >= 15 is 0 Å². The molecular weight excluding hydrogens is 238 g/mol. The number of Topliss-reactive ketones (excluding diaryl/α,β-unsaturated/α-hetero) is 1. The minimum Gasteiger partial charge on any atom is -0.378 e. The summed E-state index contributed by atoms with van der Waals surface area (Å²) in [7, 11) is 0. The van der Waals surface area contributed by atoms with Crippen LogP contribution in [0.1, 0.15) is 37.0 Å². The van der Waals surface area contributed by atoms with Crippen LogP contribution in [0.2, 0.25) is 0 Å². The summed E-state index contributed by atoms with van der Waals surface area (Å²) in [5.41, 5.74) is 0.807. The molecule has 0 aliphatic carbocycles. The third kappa shape index (κ3) is 3.64. The molecule has 1 unspecified atom stereocenters. The molecule has 0 N–H and O–H groups in total. The Morgan fingerprint density at radius 1 is 1.32 bits per heavy atom. The van der Waals surface area contributed by atoms with Crippen molar-refractivity contribution in [2.24, 2.45) is 0 Å². The van der Waals surface area contributed by atoms with E-state index in [1.165, 1.54) is 0 Å². The zero-order valence-electron chi connectivity index (χ0n) is 11.8. The predicted molar refractivity (Wildman–Crippen MR) is 76.5 cm³/mol. The van der Waals surface area contributed by atoms with Gasteiger partial charge in [-0.05, 0) is 26.7 Å². The molecule has 0 spiro atoms. The van der Waals surface area contributed by atoms with Crippen molar-refractivity contribution in [3.05, 3.63) is 35.9 Å². The fourth-order valence-corrected chi connectivity index (χ4v) is 2.67. The molecule has 1 aromatic rings. The molecule has 1 saturated heterocycles. The van der Waals surface area contributed by atoms with Gasteiger partial charge >= 0.3 is 0 Å². The molecule has 1 atom stereocenters. The number of ether oxygens (including phenoxy) is 1. The molecule has 1 aromatic carbocycles. The molecule has 3 heteroatoms. The Morgan fingerprint density at radius 2 is 1.95 bits per heavy atom. The molecule has 0 radical (unpaired) electrons. The van der Waals surface area contributed by atoms with Crippen molar-refractivity contribution in [2.75, 3.05) is 19.7 Å². The first kappa shape index (κ1) is 14.2. The Morgan fingerprint density at radius 3 is 2.53 bits per heavy atom. The summed E-state index contributed by atoms with van der Waals surface area (Å²) in [6.45, 7) is 6.72. The van der Waals surface area contributed by atoms with E-state index in [4.69, 9.17) is 4.74 Å². The molecule has 19 heavy (non-hydrogen) atoms. The van der Waals surface area contributed by atoms with Gasteiger partial charge in [-0.15, -0.1) is 0 Å². The molecule has 0 bridgehead atoms. The summed E-state index contributed by atoms with van der Waals surface area (Å²) in [5.74, 6) is 0.218. The van der Waals surface area contributed by atoms with Gasteiger partial charge < -0.3 is 4.74 Å². The minimum atomic E-state index is -0.0371. The second-order valence-corrected chi connectivity index (χ2v) is 5.10. The number of hydrogen-bond donors (Lipinski definition) is 0. The lowest BCUT2D eigenvalue weighted by atomic mass is 10.0. The van der Waals surface area contributed by atoms with Crippen LogP contribution in [0.25, 0.3) is 0 Å².